The maximum Gasteiger partial charge on any atom is 0.240 e. The molecule has 2 N–H and O–H groups in total. The van der Waals surface area contributed by atoms with E-state index in [4.69, 9.17) is 0 Å². The smallest absolute Gasteiger partial charge is 0.240 e. The quantitative estimate of drug-likeness (QED) is 0.819. The van der Waals surface area contributed by atoms with Crippen molar-refractivity contribution in [3.05, 3.63) is 24.3 Å². The number of hydrogen-bond acceptors (Lipinski definition) is 5. The Morgan fingerprint density at radius 2 is 1.64 bits per heavy atom. The van der Waals surface area contributed by atoms with Gasteiger partial charge >= 0.3 is 0 Å². The van der Waals surface area contributed by atoms with E-state index in [0.717, 1.165) is 19.2 Å². The molecular weight excluding hydrogens is 348 g/mol. The zero-order chi connectivity index (χ0) is 15.7. The molecule has 1 aromatic rings. The second-order valence-corrected chi connectivity index (χ2v) is 9.17. The number of hydrogen-bond donors (Lipinski definition) is 2. The lowest BCUT2D eigenvalue weighted by molar-refractivity contribution is 0.327. The Morgan fingerprint density at radius 1 is 1.09 bits per heavy atom. The monoisotopic (exact) mass is 368 g/mol. The van der Waals surface area contributed by atoms with Gasteiger partial charge in [0, 0.05) is 18.8 Å². The molecule has 1 saturated heterocycles. The van der Waals surface area contributed by atoms with Crippen molar-refractivity contribution in [1.82, 2.24) is 10.0 Å². The SMILES string of the molecule is CC1CCNCC1NS(=O)(=O)c1ccc(S(C)(=O)=O)cc1.Cl. The van der Waals surface area contributed by atoms with Crippen LogP contribution in [-0.2, 0) is 19.9 Å². The van der Waals surface area contributed by atoms with E-state index in [-0.39, 0.29) is 34.2 Å². The molecule has 1 aliphatic heterocycles. The maximum atomic E-state index is 12.3. The highest BCUT2D eigenvalue weighted by Gasteiger charge is 2.26. The Hall–Kier alpha value is -0.670. The summed E-state index contributed by atoms with van der Waals surface area (Å²) in [4.78, 5) is 0.182. The molecule has 1 fully saturated rings. The van der Waals surface area contributed by atoms with Gasteiger partial charge in [-0.25, -0.2) is 21.6 Å². The largest absolute Gasteiger partial charge is 0.315 e. The van der Waals surface area contributed by atoms with Gasteiger partial charge in [-0.15, -0.1) is 12.4 Å². The van der Waals surface area contributed by atoms with Crippen LogP contribution < -0.4 is 10.0 Å². The molecule has 1 aliphatic rings. The van der Waals surface area contributed by atoms with Gasteiger partial charge in [0.25, 0.3) is 0 Å². The first kappa shape index (κ1) is 19.4. The lowest BCUT2D eigenvalue weighted by Crippen LogP contribution is -2.50. The third-order valence-corrected chi connectivity index (χ3v) is 6.33. The molecular formula is C13H21ClN2O4S2. The number of rotatable bonds is 4. The lowest BCUT2D eigenvalue weighted by Gasteiger charge is -2.29. The maximum absolute atomic E-state index is 12.3. The van der Waals surface area contributed by atoms with Crippen molar-refractivity contribution >= 4 is 32.3 Å². The molecule has 0 amide bonds. The highest BCUT2D eigenvalue weighted by atomic mass is 35.5. The van der Waals surface area contributed by atoms with Crippen LogP contribution in [0.3, 0.4) is 0 Å². The van der Waals surface area contributed by atoms with E-state index in [2.05, 4.69) is 10.0 Å². The van der Waals surface area contributed by atoms with Crippen molar-refractivity contribution in [2.75, 3.05) is 19.3 Å². The second-order valence-electron chi connectivity index (χ2n) is 5.44. The number of sulfonamides is 1. The fraction of sp³-hybridized carbons (Fsp3) is 0.538. The number of halogens is 1. The van der Waals surface area contributed by atoms with E-state index in [1.54, 1.807) is 0 Å². The van der Waals surface area contributed by atoms with Crippen molar-refractivity contribution in [1.29, 1.82) is 0 Å². The molecule has 2 unspecified atom stereocenters. The van der Waals surface area contributed by atoms with Crippen molar-refractivity contribution in [3.8, 4) is 0 Å². The summed E-state index contributed by atoms with van der Waals surface area (Å²) < 4.78 is 50.1. The van der Waals surface area contributed by atoms with Crippen LogP contribution in [0.2, 0.25) is 0 Å². The van der Waals surface area contributed by atoms with E-state index >= 15 is 0 Å². The first-order chi connectivity index (χ1) is 9.70. The number of benzene rings is 1. The third-order valence-electron chi connectivity index (χ3n) is 3.70. The summed E-state index contributed by atoms with van der Waals surface area (Å²) in [6.45, 7) is 3.51. The minimum absolute atomic E-state index is 0. The minimum atomic E-state index is -3.64. The minimum Gasteiger partial charge on any atom is -0.315 e. The van der Waals surface area contributed by atoms with Crippen LogP contribution in [0.25, 0.3) is 0 Å². The van der Waals surface area contributed by atoms with Gasteiger partial charge in [0.05, 0.1) is 9.79 Å². The Morgan fingerprint density at radius 3 is 2.14 bits per heavy atom. The van der Waals surface area contributed by atoms with Crippen LogP contribution in [0.4, 0.5) is 0 Å². The first-order valence-electron chi connectivity index (χ1n) is 6.73. The van der Waals surface area contributed by atoms with Crippen LogP contribution >= 0.6 is 12.4 Å². The molecule has 22 heavy (non-hydrogen) atoms. The zero-order valence-corrected chi connectivity index (χ0v) is 14.9. The molecule has 0 bridgehead atoms. The molecule has 0 aromatic heterocycles. The van der Waals surface area contributed by atoms with E-state index in [1.165, 1.54) is 24.3 Å². The zero-order valence-electron chi connectivity index (χ0n) is 12.4. The summed E-state index contributed by atoms with van der Waals surface area (Å²) in [6.07, 6.45) is 2.00. The summed E-state index contributed by atoms with van der Waals surface area (Å²) in [5.41, 5.74) is 0. The van der Waals surface area contributed by atoms with E-state index in [9.17, 15) is 16.8 Å². The standard InChI is InChI=1S/C13H20N2O4S2.ClH/c1-10-7-8-14-9-13(10)15-21(18,19)12-5-3-11(4-6-12)20(2,16)17;/h3-6,10,13-15H,7-9H2,1-2H3;1H. The van der Waals surface area contributed by atoms with Crippen molar-refractivity contribution in [2.24, 2.45) is 5.92 Å². The van der Waals surface area contributed by atoms with Crippen molar-refractivity contribution < 1.29 is 16.8 Å². The molecule has 1 aromatic carbocycles. The predicted molar refractivity (Wildman–Crippen MR) is 87.6 cm³/mol. The molecule has 0 radical (unpaired) electrons. The van der Waals surface area contributed by atoms with Gasteiger partial charge in [-0.05, 0) is 43.1 Å². The average Bonchev–Trinajstić information content (AvgIpc) is 2.40. The number of piperidine rings is 1. The van der Waals surface area contributed by atoms with Crippen LogP contribution in [-0.4, -0.2) is 42.2 Å². The van der Waals surface area contributed by atoms with E-state index < -0.39 is 19.9 Å². The lowest BCUT2D eigenvalue weighted by atomic mass is 9.96. The normalized spacial score (nSPS) is 22.8. The predicted octanol–water partition coefficient (Wildman–Crippen LogP) is 0.788. The third kappa shape index (κ3) is 4.66. The van der Waals surface area contributed by atoms with Crippen LogP contribution in [0.1, 0.15) is 13.3 Å². The summed E-state index contributed by atoms with van der Waals surface area (Å²) in [5, 5.41) is 3.16. The molecule has 2 rings (SSSR count). The van der Waals surface area contributed by atoms with Gasteiger partial charge in [-0.3, -0.25) is 0 Å². The van der Waals surface area contributed by atoms with Gasteiger partial charge in [0.2, 0.25) is 10.0 Å². The van der Waals surface area contributed by atoms with Crippen molar-refractivity contribution in [2.45, 2.75) is 29.2 Å². The second kappa shape index (κ2) is 7.27. The van der Waals surface area contributed by atoms with Crippen LogP contribution in [0, 0.1) is 5.92 Å². The summed E-state index contributed by atoms with van der Waals surface area (Å²) >= 11 is 0. The molecule has 0 spiro atoms. The Labute approximate surface area is 138 Å². The molecule has 6 nitrogen and oxygen atoms in total. The highest BCUT2D eigenvalue weighted by Crippen LogP contribution is 2.17. The van der Waals surface area contributed by atoms with E-state index in [0.29, 0.717) is 6.54 Å². The summed E-state index contributed by atoms with van der Waals surface area (Å²) in [6, 6.07) is 5.11. The number of nitrogens with one attached hydrogen (secondary N) is 2. The summed E-state index contributed by atoms with van der Waals surface area (Å²) in [5.74, 6) is 0.260. The van der Waals surface area contributed by atoms with Gasteiger partial charge in [0.1, 0.15) is 0 Å². The molecule has 0 saturated carbocycles. The summed E-state index contributed by atoms with van der Waals surface area (Å²) in [7, 11) is -6.97. The molecule has 126 valence electrons. The van der Waals surface area contributed by atoms with Gasteiger partial charge < -0.3 is 5.32 Å². The fourth-order valence-corrected chi connectivity index (χ4v) is 4.26. The molecule has 0 aliphatic carbocycles. The van der Waals surface area contributed by atoms with Gasteiger partial charge in [0.15, 0.2) is 9.84 Å². The number of sulfone groups is 1. The highest BCUT2D eigenvalue weighted by molar-refractivity contribution is 7.90. The average molecular weight is 369 g/mol. The van der Waals surface area contributed by atoms with Gasteiger partial charge in [-0.1, -0.05) is 6.92 Å². The Kier molecular flexibility index (Phi) is 6.40. The molecule has 1 heterocycles. The van der Waals surface area contributed by atoms with Crippen LogP contribution in [0.15, 0.2) is 34.1 Å². The fourth-order valence-electron chi connectivity index (χ4n) is 2.28. The first-order valence-corrected chi connectivity index (χ1v) is 10.1. The molecule has 2 atom stereocenters. The molecule has 9 heteroatoms. The van der Waals surface area contributed by atoms with Gasteiger partial charge in [-0.2, -0.15) is 0 Å². The van der Waals surface area contributed by atoms with E-state index in [1.807, 2.05) is 6.92 Å². The topological polar surface area (TPSA) is 92.3 Å². The Balaban J connectivity index is 0.00000242. The van der Waals surface area contributed by atoms with Crippen LogP contribution in [0.5, 0.6) is 0 Å². The van der Waals surface area contributed by atoms with Crippen molar-refractivity contribution in [3.63, 3.8) is 0 Å². The Bertz CT molecular complexity index is 702.